The zero-order valence-corrected chi connectivity index (χ0v) is 17.3. The SMILES string of the molecule is CC(C)c1cc(C(=O)N2CC[C@H](O)[C@@]3(CCCNC3=O)C2)c(O)c(C(C)C)c1. The van der Waals surface area contributed by atoms with E-state index in [0.29, 0.717) is 25.9 Å². The molecular formula is C22H32N2O4. The molecule has 1 spiro atoms. The molecule has 0 aliphatic carbocycles. The van der Waals surface area contributed by atoms with Gasteiger partial charge in [-0.2, -0.15) is 0 Å². The second-order valence-electron chi connectivity index (χ2n) is 8.86. The van der Waals surface area contributed by atoms with Gasteiger partial charge in [0.2, 0.25) is 5.91 Å². The Labute approximate surface area is 166 Å². The Morgan fingerprint density at radius 2 is 1.96 bits per heavy atom. The molecule has 1 aromatic carbocycles. The number of hydrogen-bond acceptors (Lipinski definition) is 4. The van der Waals surface area contributed by atoms with Crippen LogP contribution in [-0.2, 0) is 4.79 Å². The summed E-state index contributed by atoms with van der Waals surface area (Å²) in [5.41, 5.74) is 1.11. The molecule has 0 unspecified atom stereocenters. The van der Waals surface area contributed by atoms with Crippen LogP contribution in [0.3, 0.4) is 0 Å². The third-order valence-electron chi connectivity index (χ3n) is 6.29. The molecule has 3 N–H and O–H groups in total. The number of amides is 2. The molecule has 154 valence electrons. The van der Waals surface area contributed by atoms with E-state index in [1.165, 1.54) is 0 Å². The minimum atomic E-state index is -0.946. The van der Waals surface area contributed by atoms with Crippen molar-refractivity contribution in [2.75, 3.05) is 19.6 Å². The highest BCUT2D eigenvalue weighted by molar-refractivity contribution is 5.98. The first-order valence-electron chi connectivity index (χ1n) is 10.3. The van der Waals surface area contributed by atoms with E-state index in [4.69, 9.17) is 0 Å². The van der Waals surface area contributed by atoms with E-state index in [0.717, 1.165) is 17.5 Å². The van der Waals surface area contributed by atoms with Crippen LogP contribution in [0.15, 0.2) is 12.1 Å². The summed E-state index contributed by atoms with van der Waals surface area (Å²) >= 11 is 0. The first-order valence-corrected chi connectivity index (χ1v) is 10.3. The summed E-state index contributed by atoms with van der Waals surface area (Å²) in [6.07, 6.45) is 0.967. The number of carbonyl (C=O) groups is 2. The minimum absolute atomic E-state index is 0.0256. The number of hydrogen-bond donors (Lipinski definition) is 3. The topological polar surface area (TPSA) is 89.9 Å². The van der Waals surface area contributed by atoms with Crippen molar-refractivity contribution >= 4 is 11.8 Å². The maximum atomic E-state index is 13.4. The molecule has 3 rings (SSSR count). The number of nitrogens with zero attached hydrogens (tertiary/aromatic N) is 1. The van der Waals surface area contributed by atoms with E-state index < -0.39 is 11.5 Å². The van der Waals surface area contributed by atoms with Gasteiger partial charge < -0.3 is 20.4 Å². The second kappa shape index (κ2) is 7.74. The molecule has 6 heteroatoms. The van der Waals surface area contributed by atoms with Crippen molar-refractivity contribution in [2.45, 2.75) is 64.9 Å². The zero-order valence-electron chi connectivity index (χ0n) is 17.3. The van der Waals surface area contributed by atoms with Gasteiger partial charge in [0, 0.05) is 19.6 Å². The Kier molecular flexibility index (Phi) is 5.71. The van der Waals surface area contributed by atoms with Crippen molar-refractivity contribution in [2.24, 2.45) is 5.41 Å². The van der Waals surface area contributed by atoms with Crippen LogP contribution in [0.5, 0.6) is 5.75 Å². The molecule has 0 aromatic heterocycles. The molecule has 28 heavy (non-hydrogen) atoms. The summed E-state index contributed by atoms with van der Waals surface area (Å²) in [6, 6.07) is 3.74. The van der Waals surface area contributed by atoms with Crippen molar-refractivity contribution in [3.8, 4) is 5.75 Å². The van der Waals surface area contributed by atoms with Gasteiger partial charge in [0.1, 0.15) is 5.75 Å². The lowest BCUT2D eigenvalue weighted by Gasteiger charge is -2.46. The first kappa shape index (κ1) is 20.6. The molecule has 2 heterocycles. The highest BCUT2D eigenvalue weighted by atomic mass is 16.3. The van der Waals surface area contributed by atoms with Crippen LogP contribution in [0.25, 0.3) is 0 Å². The van der Waals surface area contributed by atoms with Crippen molar-refractivity contribution in [3.63, 3.8) is 0 Å². The van der Waals surface area contributed by atoms with Gasteiger partial charge in [-0.3, -0.25) is 9.59 Å². The number of phenolic OH excluding ortho intramolecular Hbond substituents is 1. The predicted octanol–water partition coefficient (Wildman–Crippen LogP) is 2.74. The number of likely N-dealkylation sites (tertiary alicyclic amines) is 1. The molecule has 2 saturated heterocycles. The summed E-state index contributed by atoms with van der Waals surface area (Å²) in [4.78, 5) is 27.6. The van der Waals surface area contributed by atoms with Crippen LogP contribution in [0.1, 0.15) is 80.3 Å². The predicted molar refractivity (Wildman–Crippen MR) is 107 cm³/mol. The van der Waals surface area contributed by atoms with Gasteiger partial charge in [0.25, 0.3) is 5.91 Å². The molecule has 0 saturated carbocycles. The largest absolute Gasteiger partial charge is 0.507 e. The molecular weight excluding hydrogens is 356 g/mol. The highest BCUT2D eigenvalue weighted by Crippen LogP contribution is 2.39. The number of piperidine rings is 2. The Morgan fingerprint density at radius 1 is 1.25 bits per heavy atom. The van der Waals surface area contributed by atoms with Crippen LogP contribution < -0.4 is 5.32 Å². The third-order valence-corrected chi connectivity index (χ3v) is 6.29. The Morgan fingerprint density at radius 3 is 2.57 bits per heavy atom. The second-order valence-corrected chi connectivity index (χ2v) is 8.86. The number of aliphatic hydroxyl groups excluding tert-OH is 1. The number of carbonyl (C=O) groups excluding carboxylic acids is 2. The number of phenols is 1. The van der Waals surface area contributed by atoms with Gasteiger partial charge in [-0.25, -0.2) is 0 Å². The normalized spacial score (nSPS) is 25.5. The lowest BCUT2D eigenvalue weighted by molar-refractivity contribution is -0.147. The van der Waals surface area contributed by atoms with Gasteiger partial charge in [-0.15, -0.1) is 0 Å². The lowest BCUT2D eigenvalue weighted by Crippen LogP contribution is -2.62. The number of aromatic hydroxyl groups is 1. The first-order chi connectivity index (χ1) is 13.2. The maximum absolute atomic E-state index is 13.4. The van der Waals surface area contributed by atoms with Gasteiger partial charge in [-0.05, 0) is 48.3 Å². The molecule has 2 atom stereocenters. The highest BCUT2D eigenvalue weighted by Gasteiger charge is 2.50. The lowest BCUT2D eigenvalue weighted by atomic mass is 9.71. The van der Waals surface area contributed by atoms with Crippen molar-refractivity contribution in [1.82, 2.24) is 10.2 Å². The van der Waals surface area contributed by atoms with Crippen molar-refractivity contribution in [1.29, 1.82) is 0 Å². The van der Waals surface area contributed by atoms with Crippen LogP contribution in [0.4, 0.5) is 0 Å². The van der Waals surface area contributed by atoms with E-state index in [-0.39, 0.29) is 41.5 Å². The Hall–Kier alpha value is -2.08. The van der Waals surface area contributed by atoms with Gasteiger partial charge in [0.05, 0.1) is 17.1 Å². The zero-order chi connectivity index (χ0) is 20.6. The summed E-state index contributed by atoms with van der Waals surface area (Å²) in [5, 5.41) is 24.2. The fourth-order valence-corrected chi connectivity index (χ4v) is 4.40. The van der Waals surface area contributed by atoms with Gasteiger partial charge in [0.15, 0.2) is 0 Å². The number of nitrogens with one attached hydrogen (secondary N) is 1. The smallest absolute Gasteiger partial charge is 0.257 e. The third kappa shape index (κ3) is 3.50. The fourth-order valence-electron chi connectivity index (χ4n) is 4.40. The van der Waals surface area contributed by atoms with Gasteiger partial charge >= 0.3 is 0 Å². The van der Waals surface area contributed by atoms with Crippen LogP contribution in [-0.4, -0.2) is 52.7 Å². The van der Waals surface area contributed by atoms with E-state index >= 15 is 0 Å². The fraction of sp³-hybridized carbons (Fsp3) is 0.636. The molecule has 2 aliphatic heterocycles. The number of benzene rings is 1. The molecule has 1 aromatic rings. The number of rotatable bonds is 3. The van der Waals surface area contributed by atoms with E-state index in [2.05, 4.69) is 19.2 Å². The summed E-state index contributed by atoms with van der Waals surface area (Å²) in [5.74, 6) is -0.108. The molecule has 2 amide bonds. The molecule has 2 aliphatic rings. The molecule has 0 radical (unpaired) electrons. The van der Waals surface area contributed by atoms with E-state index in [1.54, 1.807) is 11.0 Å². The summed E-state index contributed by atoms with van der Waals surface area (Å²) in [7, 11) is 0. The van der Waals surface area contributed by atoms with Crippen LogP contribution in [0.2, 0.25) is 0 Å². The summed E-state index contributed by atoms with van der Waals surface area (Å²) < 4.78 is 0. The molecule has 2 fully saturated rings. The summed E-state index contributed by atoms with van der Waals surface area (Å²) in [6.45, 7) is 9.26. The molecule has 6 nitrogen and oxygen atoms in total. The Bertz CT molecular complexity index is 774. The van der Waals surface area contributed by atoms with Gasteiger partial charge in [-0.1, -0.05) is 33.8 Å². The number of aliphatic hydroxyl groups is 1. The maximum Gasteiger partial charge on any atom is 0.257 e. The minimum Gasteiger partial charge on any atom is -0.507 e. The van der Waals surface area contributed by atoms with Crippen LogP contribution in [0, 0.1) is 5.41 Å². The van der Waals surface area contributed by atoms with Crippen molar-refractivity contribution < 1.29 is 19.8 Å². The van der Waals surface area contributed by atoms with Crippen molar-refractivity contribution in [3.05, 3.63) is 28.8 Å². The van der Waals surface area contributed by atoms with Crippen LogP contribution >= 0.6 is 0 Å². The quantitative estimate of drug-likeness (QED) is 0.743. The Balaban J connectivity index is 1.96. The monoisotopic (exact) mass is 388 g/mol. The average Bonchev–Trinajstić information content (AvgIpc) is 2.65. The van der Waals surface area contributed by atoms with E-state index in [9.17, 15) is 19.8 Å². The standard InChI is InChI=1S/C22H32N2O4/c1-13(2)15-10-16(14(3)4)19(26)17(11-15)20(27)24-9-6-18(25)22(12-24)7-5-8-23-21(22)28/h10-11,13-14,18,25-26H,5-9,12H2,1-4H3,(H,23,28)/t18-,22+/m0/s1. The average molecular weight is 389 g/mol. The molecule has 0 bridgehead atoms. The van der Waals surface area contributed by atoms with E-state index in [1.807, 2.05) is 19.9 Å².